The Morgan fingerprint density at radius 1 is 1.09 bits per heavy atom. The normalized spacial score (nSPS) is 16.8. The molecule has 0 amide bonds. The van der Waals surface area contributed by atoms with Crippen molar-refractivity contribution < 1.29 is 22.4 Å². The molecule has 1 aliphatic rings. The van der Waals surface area contributed by atoms with Crippen molar-refractivity contribution in [1.29, 1.82) is 0 Å². The highest BCUT2D eigenvalue weighted by atomic mass is 32.2. The molecular weight excluding hydrogens is 476 g/mol. The van der Waals surface area contributed by atoms with Gasteiger partial charge in [0.05, 0.1) is 27.3 Å². The molecule has 0 atom stereocenters. The molecule has 1 saturated heterocycles. The monoisotopic (exact) mass is 502 g/mol. The van der Waals surface area contributed by atoms with E-state index in [1.807, 2.05) is 20.8 Å². The lowest BCUT2D eigenvalue weighted by molar-refractivity contribution is -0.119. The van der Waals surface area contributed by atoms with E-state index in [2.05, 4.69) is 4.98 Å². The number of aromatic amines is 1. The molecule has 1 fully saturated rings. The SMILES string of the molecule is CC(C)(C)C(=O)/C=c1/[nH]c(=O)/c(=C\c2ccc(-c3ccc(S(=O)(=O)N4CCOCC4)cc3)o2)s1. The van der Waals surface area contributed by atoms with E-state index in [1.165, 1.54) is 21.7 Å². The molecule has 0 radical (unpaired) electrons. The summed E-state index contributed by atoms with van der Waals surface area (Å²) in [4.78, 5) is 27.4. The van der Waals surface area contributed by atoms with E-state index in [0.717, 1.165) is 0 Å². The van der Waals surface area contributed by atoms with Gasteiger partial charge in [0, 0.05) is 36.2 Å². The van der Waals surface area contributed by atoms with Gasteiger partial charge in [-0.05, 0) is 36.4 Å². The van der Waals surface area contributed by atoms with Crippen molar-refractivity contribution in [2.75, 3.05) is 26.3 Å². The van der Waals surface area contributed by atoms with Gasteiger partial charge in [0.25, 0.3) is 5.56 Å². The number of furan rings is 1. The number of carbonyl (C=O) groups is 1. The number of sulfonamides is 1. The smallest absolute Gasteiger partial charge is 0.266 e. The van der Waals surface area contributed by atoms with Gasteiger partial charge in [-0.15, -0.1) is 11.3 Å². The zero-order chi connectivity index (χ0) is 24.5. The third-order valence-electron chi connectivity index (χ3n) is 5.33. The van der Waals surface area contributed by atoms with Gasteiger partial charge in [0.15, 0.2) is 5.78 Å². The van der Waals surface area contributed by atoms with Crippen molar-refractivity contribution >= 4 is 39.3 Å². The number of aromatic nitrogens is 1. The van der Waals surface area contributed by atoms with Gasteiger partial charge in [-0.3, -0.25) is 9.59 Å². The first kappa shape index (κ1) is 24.3. The Labute approximate surface area is 201 Å². The number of benzene rings is 1. The van der Waals surface area contributed by atoms with Gasteiger partial charge in [0.1, 0.15) is 11.5 Å². The maximum Gasteiger partial charge on any atom is 0.266 e. The molecule has 10 heteroatoms. The van der Waals surface area contributed by atoms with Crippen molar-refractivity contribution in [2.24, 2.45) is 5.41 Å². The quantitative estimate of drug-likeness (QED) is 0.571. The summed E-state index contributed by atoms with van der Waals surface area (Å²) in [5, 5.41) is 0. The number of nitrogens with zero attached hydrogens (tertiary/aromatic N) is 1. The van der Waals surface area contributed by atoms with Gasteiger partial charge in [-0.1, -0.05) is 20.8 Å². The van der Waals surface area contributed by atoms with Crippen molar-refractivity contribution in [3.63, 3.8) is 0 Å². The number of carbonyl (C=O) groups excluding carboxylic acids is 1. The Balaban J connectivity index is 1.56. The maximum absolute atomic E-state index is 12.8. The predicted octanol–water partition coefficient (Wildman–Crippen LogP) is 1.94. The fourth-order valence-corrected chi connectivity index (χ4v) is 5.58. The molecule has 0 saturated carbocycles. The van der Waals surface area contributed by atoms with Crippen LogP contribution >= 0.6 is 11.3 Å². The van der Waals surface area contributed by atoms with Crippen LogP contribution in [0.3, 0.4) is 0 Å². The fourth-order valence-electron chi connectivity index (χ4n) is 3.30. The highest BCUT2D eigenvalue weighted by molar-refractivity contribution is 7.89. The Hall–Kier alpha value is -2.79. The Morgan fingerprint density at radius 2 is 1.76 bits per heavy atom. The number of thiazole rings is 1. The molecule has 0 bridgehead atoms. The van der Waals surface area contributed by atoms with Gasteiger partial charge < -0.3 is 14.1 Å². The fraction of sp³-hybridized carbons (Fsp3) is 0.333. The average molecular weight is 503 g/mol. The van der Waals surface area contributed by atoms with E-state index in [0.29, 0.717) is 52.6 Å². The molecule has 180 valence electrons. The molecule has 4 rings (SSSR count). The summed E-state index contributed by atoms with van der Waals surface area (Å²) in [6, 6.07) is 10.00. The minimum atomic E-state index is -3.56. The van der Waals surface area contributed by atoms with Gasteiger partial charge in [0.2, 0.25) is 10.0 Å². The van der Waals surface area contributed by atoms with Crippen LogP contribution in [0.4, 0.5) is 0 Å². The third kappa shape index (κ3) is 5.30. The van der Waals surface area contributed by atoms with E-state index in [9.17, 15) is 18.0 Å². The van der Waals surface area contributed by atoms with Crippen LogP contribution in [-0.4, -0.2) is 49.8 Å². The molecule has 0 aliphatic carbocycles. The van der Waals surface area contributed by atoms with Gasteiger partial charge in [-0.2, -0.15) is 4.31 Å². The topological polar surface area (TPSA) is 110 Å². The van der Waals surface area contributed by atoms with Crippen LogP contribution < -0.4 is 14.8 Å². The number of H-pyrrole nitrogens is 1. The molecule has 2 aromatic heterocycles. The van der Waals surface area contributed by atoms with E-state index < -0.39 is 15.4 Å². The predicted molar refractivity (Wildman–Crippen MR) is 130 cm³/mol. The number of ether oxygens (including phenoxy) is 1. The largest absolute Gasteiger partial charge is 0.457 e. The molecule has 0 spiro atoms. The van der Waals surface area contributed by atoms with Crippen LogP contribution in [0, 0.1) is 5.41 Å². The highest BCUT2D eigenvalue weighted by Crippen LogP contribution is 2.25. The number of Topliss-reactive ketones (excluding diaryl/α,β-unsaturated/α-hetero) is 1. The Morgan fingerprint density at radius 3 is 2.41 bits per heavy atom. The van der Waals surface area contributed by atoms with E-state index in [4.69, 9.17) is 9.15 Å². The van der Waals surface area contributed by atoms with Crippen LogP contribution in [0.15, 0.2) is 50.5 Å². The van der Waals surface area contributed by atoms with Crippen LogP contribution in [0.25, 0.3) is 23.5 Å². The molecule has 3 aromatic rings. The van der Waals surface area contributed by atoms with Crippen molar-refractivity contribution in [2.45, 2.75) is 25.7 Å². The van der Waals surface area contributed by atoms with Crippen molar-refractivity contribution in [1.82, 2.24) is 9.29 Å². The summed E-state index contributed by atoms with van der Waals surface area (Å²) >= 11 is 1.18. The zero-order valence-electron chi connectivity index (χ0n) is 19.2. The van der Waals surface area contributed by atoms with E-state index in [-0.39, 0.29) is 16.2 Å². The average Bonchev–Trinajstić information content (AvgIpc) is 3.40. The second-order valence-corrected chi connectivity index (χ2v) is 12.0. The molecular formula is C24H26N2O6S2. The van der Waals surface area contributed by atoms with E-state index >= 15 is 0 Å². The van der Waals surface area contributed by atoms with Crippen LogP contribution in [0.2, 0.25) is 0 Å². The van der Waals surface area contributed by atoms with Crippen molar-refractivity contribution in [3.8, 4) is 11.3 Å². The zero-order valence-corrected chi connectivity index (χ0v) is 20.8. The number of ketones is 1. The number of hydrogen-bond donors (Lipinski definition) is 1. The maximum atomic E-state index is 12.8. The van der Waals surface area contributed by atoms with Crippen LogP contribution in [-0.2, 0) is 19.6 Å². The summed E-state index contributed by atoms with van der Waals surface area (Å²) in [5.41, 5.74) is -0.114. The van der Waals surface area contributed by atoms with Crippen LogP contribution in [0.1, 0.15) is 26.5 Å². The molecule has 8 nitrogen and oxygen atoms in total. The minimum absolute atomic E-state index is 0.0732. The highest BCUT2D eigenvalue weighted by Gasteiger charge is 2.26. The summed E-state index contributed by atoms with van der Waals surface area (Å²) < 4.78 is 39.0. The van der Waals surface area contributed by atoms with Crippen LogP contribution in [0.5, 0.6) is 0 Å². The standard InChI is InChI=1S/C24H26N2O6S2/c1-24(2,3)21(27)15-22-25-23(28)20(33-22)14-17-6-9-19(32-17)16-4-7-18(8-5-16)34(29,30)26-10-12-31-13-11-26/h4-9,14-15H,10-13H2,1-3H3,(H,25,28)/b20-14+,22-15-. The number of morpholine rings is 1. The van der Waals surface area contributed by atoms with Crippen molar-refractivity contribution in [3.05, 3.63) is 61.7 Å². The Bertz CT molecular complexity index is 1470. The first-order chi connectivity index (χ1) is 16.0. The third-order valence-corrected chi connectivity index (χ3v) is 8.20. The second-order valence-electron chi connectivity index (χ2n) is 8.93. The van der Waals surface area contributed by atoms with Gasteiger partial charge in [-0.25, -0.2) is 8.42 Å². The molecule has 1 N–H and O–H groups in total. The summed E-state index contributed by atoms with van der Waals surface area (Å²) in [7, 11) is -3.56. The number of nitrogens with one attached hydrogen (secondary N) is 1. The summed E-state index contributed by atoms with van der Waals surface area (Å²) in [5.74, 6) is 0.946. The summed E-state index contributed by atoms with van der Waals surface area (Å²) in [6.07, 6.45) is 3.06. The number of rotatable bonds is 5. The molecule has 0 unspecified atom stereocenters. The lowest BCUT2D eigenvalue weighted by atomic mass is 9.91. The molecule has 1 aromatic carbocycles. The van der Waals surface area contributed by atoms with Gasteiger partial charge >= 0.3 is 0 Å². The molecule has 3 heterocycles. The lowest BCUT2D eigenvalue weighted by Gasteiger charge is -2.26. The Kier molecular flexibility index (Phi) is 6.77. The molecule has 1 aliphatic heterocycles. The minimum Gasteiger partial charge on any atom is -0.457 e. The first-order valence-electron chi connectivity index (χ1n) is 10.8. The first-order valence-corrected chi connectivity index (χ1v) is 13.0. The number of hydrogen-bond acceptors (Lipinski definition) is 7. The van der Waals surface area contributed by atoms with E-state index in [1.54, 1.807) is 42.5 Å². The molecule has 34 heavy (non-hydrogen) atoms. The summed E-state index contributed by atoms with van der Waals surface area (Å²) in [6.45, 7) is 6.92. The second kappa shape index (κ2) is 9.46. The lowest BCUT2D eigenvalue weighted by Crippen LogP contribution is -2.40.